The first kappa shape index (κ1) is 35.3. The maximum Gasteiger partial charge on any atom is 0.418 e. The molecule has 2 amide bonds. The van der Waals surface area contributed by atoms with Gasteiger partial charge >= 0.3 is 6.18 Å². The van der Waals surface area contributed by atoms with Crippen molar-refractivity contribution in [1.82, 2.24) is 43.6 Å². The third-order valence-corrected chi connectivity index (χ3v) is 9.17. The number of carbonyl (C=O) groups is 2. The van der Waals surface area contributed by atoms with E-state index in [0.29, 0.717) is 37.6 Å². The molecule has 1 saturated heterocycles. The Labute approximate surface area is 299 Å². The smallest absolute Gasteiger partial charge is 0.418 e. The number of alkyl halides is 3. The van der Waals surface area contributed by atoms with E-state index in [9.17, 15) is 32.7 Å². The predicted octanol–water partition coefficient (Wildman–Crippen LogP) is 2.87. The second-order valence-electron chi connectivity index (χ2n) is 12.4. The molecule has 0 unspecified atom stereocenters. The van der Waals surface area contributed by atoms with Crippen LogP contribution < -0.4 is 15.8 Å². The van der Waals surface area contributed by atoms with Crippen molar-refractivity contribution in [3.8, 4) is 11.4 Å². The second-order valence-corrected chi connectivity index (χ2v) is 12.4. The number of hydrogen-bond acceptors (Lipinski definition) is 11. The van der Waals surface area contributed by atoms with Gasteiger partial charge in [0.05, 0.1) is 42.2 Å². The number of aryl methyl sites for hydroxylation is 1. The molecule has 5 aromatic rings. The van der Waals surface area contributed by atoms with Crippen molar-refractivity contribution in [3.05, 3.63) is 88.1 Å². The van der Waals surface area contributed by atoms with Crippen LogP contribution in [-0.2, 0) is 28.7 Å². The molecule has 7 rings (SSSR count). The summed E-state index contributed by atoms with van der Waals surface area (Å²) in [6.45, 7) is 4.72. The molecule has 0 radical (unpaired) electrons. The molecule has 1 aromatic carbocycles. The summed E-state index contributed by atoms with van der Waals surface area (Å²) in [4.78, 5) is 61.0. The average molecular weight is 734 g/mol. The molecule has 0 aliphatic carbocycles. The summed E-state index contributed by atoms with van der Waals surface area (Å²) in [5, 5.41) is 17.7. The lowest BCUT2D eigenvalue weighted by Crippen LogP contribution is -2.51. The number of nitrogens with zero attached hydrogens (tertiary/aromatic N) is 10. The van der Waals surface area contributed by atoms with E-state index in [0.717, 1.165) is 16.2 Å². The first-order valence-electron chi connectivity index (χ1n) is 16.8. The van der Waals surface area contributed by atoms with E-state index < -0.39 is 29.1 Å². The van der Waals surface area contributed by atoms with E-state index in [2.05, 4.69) is 25.4 Å². The van der Waals surface area contributed by atoms with Gasteiger partial charge < -0.3 is 34.1 Å². The molecule has 1 fully saturated rings. The van der Waals surface area contributed by atoms with Gasteiger partial charge in [-0.1, -0.05) is 13.0 Å². The molecule has 0 atom stereocenters. The molecular formula is C34H34F3N11O5. The van der Waals surface area contributed by atoms with Crippen molar-refractivity contribution >= 4 is 34.5 Å². The Morgan fingerprint density at radius 1 is 1.11 bits per heavy atom. The standard InChI is InChI=1S/C34H34F3N11O5/c1-3-24-28(44-10-12-45(13-11-44)31(51)27-29(50)20(2)39-18-40-27)32(52)48-33(42-30(43-48)21-6-14-53-15-7-21)47(24)17-26(49)41-22-4-5-23(34(35,36)37)25(16-22)46-9-8-38-19-46/h4-6,8-9,16,18-19,50H,3,7,10-15,17H2,1-2H3,(H,41,49). The molecule has 6 heterocycles. The third kappa shape index (κ3) is 6.82. The summed E-state index contributed by atoms with van der Waals surface area (Å²) in [6.07, 6.45) is 3.15. The van der Waals surface area contributed by atoms with Crippen LogP contribution in [0.1, 0.15) is 46.6 Å². The van der Waals surface area contributed by atoms with Crippen LogP contribution in [-0.4, -0.2) is 99.9 Å². The number of hydrogen-bond donors (Lipinski definition) is 2. The van der Waals surface area contributed by atoms with E-state index >= 15 is 0 Å². The molecule has 4 aromatic heterocycles. The van der Waals surface area contributed by atoms with Gasteiger partial charge in [0.2, 0.25) is 11.7 Å². The van der Waals surface area contributed by atoms with Gasteiger partial charge in [-0.05, 0) is 43.5 Å². The highest BCUT2D eigenvalue weighted by atomic mass is 19.4. The van der Waals surface area contributed by atoms with Crippen molar-refractivity contribution in [3.63, 3.8) is 0 Å². The van der Waals surface area contributed by atoms with E-state index in [1.807, 2.05) is 17.9 Å². The van der Waals surface area contributed by atoms with Crippen LogP contribution in [0.4, 0.5) is 24.5 Å². The zero-order chi connectivity index (χ0) is 37.4. The SMILES string of the molecule is CCc1c(N2CCN(C(=O)c3ncnc(C)c3O)CC2)c(=O)n2nc(C3=CCOCC3)nc2n1CC(=O)Nc1ccc(C(F)(F)F)c(-n2ccnc2)c1. The van der Waals surface area contributed by atoms with Gasteiger partial charge in [0, 0.05) is 44.3 Å². The zero-order valence-electron chi connectivity index (χ0n) is 28.7. The number of carbonyl (C=O) groups excluding carboxylic acids is 2. The molecular weight excluding hydrogens is 699 g/mol. The largest absolute Gasteiger partial charge is 0.504 e. The van der Waals surface area contributed by atoms with E-state index in [1.165, 1.54) is 46.6 Å². The molecule has 2 aliphatic heterocycles. The lowest BCUT2D eigenvalue weighted by atomic mass is 10.1. The monoisotopic (exact) mass is 733 g/mol. The first-order chi connectivity index (χ1) is 25.4. The Bertz CT molecular complexity index is 2290. The number of rotatable bonds is 8. The van der Waals surface area contributed by atoms with Gasteiger partial charge in [-0.3, -0.25) is 14.4 Å². The zero-order valence-corrected chi connectivity index (χ0v) is 28.7. The molecule has 19 heteroatoms. The molecule has 0 saturated carbocycles. The minimum absolute atomic E-state index is 0.113. The Morgan fingerprint density at radius 3 is 2.58 bits per heavy atom. The maximum absolute atomic E-state index is 14.2. The van der Waals surface area contributed by atoms with Crippen molar-refractivity contribution in [2.75, 3.05) is 49.6 Å². The topological polar surface area (TPSA) is 178 Å². The average Bonchev–Trinajstić information content (AvgIpc) is 3.85. The molecule has 0 bridgehead atoms. The number of halogens is 3. The number of piperazine rings is 1. The number of aromatic hydroxyl groups is 1. The number of nitrogens with one attached hydrogen (secondary N) is 1. The summed E-state index contributed by atoms with van der Waals surface area (Å²) in [5.41, 5.74) is 0.219. The molecule has 276 valence electrons. The number of amides is 2. The van der Waals surface area contributed by atoms with Crippen LogP contribution in [0.15, 0.2) is 54.1 Å². The summed E-state index contributed by atoms with van der Waals surface area (Å²) in [5.74, 6) is -0.934. The molecule has 16 nitrogen and oxygen atoms in total. The summed E-state index contributed by atoms with van der Waals surface area (Å²) in [7, 11) is 0. The molecule has 2 N–H and O–H groups in total. The summed E-state index contributed by atoms with van der Waals surface area (Å²) in [6, 6.07) is 3.28. The number of benzene rings is 1. The number of imidazole rings is 1. The van der Waals surface area contributed by atoms with Gasteiger partial charge in [-0.2, -0.15) is 22.7 Å². The second kappa shape index (κ2) is 14.1. The Hall–Kier alpha value is -6.11. The predicted molar refractivity (Wildman–Crippen MR) is 184 cm³/mol. The number of anilines is 2. The van der Waals surface area contributed by atoms with Gasteiger partial charge in [0.15, 0.2) is 17.3 Å². The number of fused-ring (bicyclic) bond motifs is 1. The van der Waals surface area contributed by atoms with E-state index in [1.54, 1.807) is 11.5 Å². The highest BCUT2D eigenvalue weighted by molar-refractivity contribution is 5.95. The highest BCUT2D eigenvalue weighted by Gasteiger charge is 2.35. The lowest BCUT2D eigenvalue weighted by molar-refractivity contribution is -0.137. The van der Waals surface area contributed by atoms with Crippen LogP contribution in [0, 0.1) is 6.92 Å². The van der Waals surface area contributed by atoms with Crippen LogP contribution in [0.5, 0.6) is 5.75 Å². The summed E-state index contributed by atoms with van der Waals surface area (Å²) >= 11 is 0. The van der Waals surface area contributed by atoms with E-state index in [-0.39, 0.29) is 72.7 Å². The lowest BCUT2D eigenvalue weighted by Gasteiger charge is -2.36. The minimum atomic E-state index is -4.66. The Morgan fingerprint density at radius 2 is 1.91 bits per heavy atom. The molecule has 53 heavy (non-hydrogen) atoms. The van der Waals surface area contributed by atoms with Gasteiger partial charge in [0.25, 0.3) is 11.5 Å². The maximum atomic E-state index is 14.2. The number of ether oxygens (including phenoxy) is 1. The Balaban J connectivity index is 1.23. The van der Waals surface area contributed by atoms with Crippen molar-refractivity contribution in [1.29, 1.82) is 0 Å². The minimum Gasteiger partial charge on any atom is -0.504 e. The van der Waals surface area contributed by atoms with Gasteiger partial charge in [-0.25, -0.2) is 15.0 Å². The molecule has 0 spiro atoms. The fourth-order valence-corrected chi connectivity index (χ4v) is 6.51. The first-order valence-corrected chi connectivity index (χ1v) is 16.8. The van der Waals surface area contributed by atoms with Crippen molar-refractivity contribution < 1.29 is 32.6 Å². The quantitative estimate of drug-likeness (QED) is 0.240. The van der Waals surface area contributed by atoms with Crippen LogP contribution in [0.2, 0.25) is 0 Å². The van der Waals surface area contributed by atoms with Gasteiger partial charge in [0.1, 0.15) is 18.6 Å². The normalized spacial score (nSPS) is 15.2. The van der Waals surface area contributed by atoms with E-state index in [4.69, 9.17) is 9.72 Å². The van der Waals surface area contributed by atoms with Crippen molar-refractivity contribution in [2.24, 2.45) is 0 Å². The summed E-state index contributed by atoms with van der Waals surface area (Å²) < 4.78 is 51.0. The molecule has 2 aliphatic rings. The third-order valence-electron chi connectivity index (χ3n) is 9.17. The highest BCUT2D eigenvalue weighted by Crippen LogP contribution is 2.35. The fourth-order valence-electron chi connectivity index (χ4n) is 6.51. The van der Waals surface area contributed by atoms with Crippen molar-refractivity contribution in [2.45, 2.75) is 39.4 Å². The number of aromatic nitrogens is 8. The Kier molecular flexibility index (Phi) is 9.41. The van der Waals surface area contributed by atoms with Crippen LogP contribution in [0.25, 0.3) is 17.0 Å². The van der Waals surface area contributed by atoms with Crippen LogP contribution >= 0.6 is 0 Å². The van der Waals surface area contributed by atoms with Gasteiger partial charge in [-0.15, -0.1) is 5.10 Å². The fraction of sp³-hybridized carbons (Fsp3) is 0.353. The van der Waals surface area contributed by atoms with Crippen LogP contribution in [0.3, 0.4) is 0 Å².